The molecule has 0 spiro atoms. The van der Waals surface area contributed by atoms with Gasteiger partial charge in [0.2, 0.25) is 5.91 Å². The number of anilines is 1. The summed E-state index contributed by atoms with van der Waals surface area (Å²) in [5.74, 6) is 1.69. The SMILES string of the molecule is CCc1ccc(N2C(=O)CC3CCCC32)nc1. The molecule has 3 nitrogen and oxygen atoms in total. The number of rotatable bonds is 2. The Bertz CT molecular complexity index is 426. The highest BCUT2D eigenvalue weighted by Gasteiger charge is 2.43. The minimum Gasteiger partial charge on any atom is -0.293 e. The van der Waals surface area contributed by atoms with Crippen molar-refractivity contribution in [2.45, 2.75) is 45.1 Å². The molecule has 1 aromatic rings. The molecule has 0 radical (unpaired) electrons. The van der Waals surface area contributed by atoms with E-state index < -0.39 is 0 Å². The number of pyridine rings is 1. The Balaban J connectivity index is 1.89. The van der Waals surface area contributed by atoms with Gasteiger partial charge in [0.25, 0.3) is 0 Å². The molecular formula is C14H18N2O. The summed E-state index contributed by atoms with van der Waals surface area (Å²) in [6.07, 6.45) is 7.22. The summed E-state index contributed by atoms with van der Waals surface area (Å²) >= 11 is 0. The van der Waals surface area contributed by atoms with Gasteiger partial charge in [-0.1, -0.05) is 19.4 Å². The minimum atomic E-state index is 0.261. The molecule has 90 valence electrons. The van der Waals surface area contributed by atoms with Crippen LogP contribution in [0, 0.1) is 5.92 Å². The van der Waals surface area contributed by atoms with Crippen LogP contribution < -0.4 is 4.90 Å². The Kier molecular flexibility index (Phi) is 2.61. The highest BCUT2D eigenvalue weighted by atomic mass is 16.2. The van der Waals surface area contributed by atoms with Crippen LogP contribution in [0.3, 0.4) is 0 Å². The Morgan fingerprint density at radius 1 is 1.41 bits per heavy atom. The molecule has 2 aliphatic rings. The van der Waals surface area contributed by atoms with Gasteiger partial charge >= 0.3 is 0 Å². The highest BCUT2D eigenvalue weighted by molar-refractivity contribution is 5.95. The first-order valence-electron chi connectivity index (χ1n) is 6.56. The topological polar surface area (TPSA) is 33.2 Å². The predicted octanol–water partition coefficient (Wildman–Crippen LogP) is 2.55. The van der Waals surface area contributed by atoms with E-state index in [0.717, 1.165) is 25.1 Å². The van der Waals surface area contributed by atoms with Crippen molar-refractivity contribution in [3.8, 4) is 0 Å². The number of carbonyl (C=O) groups is 1. The van der Waals surface area contributed by atoms with Crippen LogP contribution in [0.25, 0.3) is 0 Å². The third-order valence-corrected chi connectivity index (χ3v) is 4.12. The van der Waals surface area contributed by atoms with Gasteiger partial charge in [0.1, 0.15) is 5.82 Å². The molecule has 1 aliphatic heterocycles. The first-order valence-corrected chi connectivity index (χ1v) is 6.56. The van der Waals surface area contributed by atoms with Crippen LogP contribution in [0.1, 0.15) is 38.2 Å². The molecule has 0 N–H and O–H groups in total. The fourth-order valence-electron chi connectivity index (χ4n) is 3.17. The lowest BCUT2D eigenvalue weighted by atomic mass is 10.0. The molecule has 2 heterocycles. The molecular weight excluding hydrogens is 212 g/mol. The molecule has 3 heteroatoms. The van der Waals surface area contributed by atoms with Crippen LogP contribution in [0.5, 0.6) is 0 Å². The average molecular weight is 230 g/mol. The molecule has 17 heavy (non-hydrogen) atoms. The van der Waals surface area contributed by atoms with Gasteiger partial charge in [0.05, 0.1) is 0 Å². The van der Waals surface area contributed by atoms with Gasteiger partial charge in [-0.05, 0) is 36.8 Å². The predicted molar refractivity (Wildman–Crippen MR) is 66.8 cm³/mol. The van der Waals surface area contributed by atoms with Crippen molar-refractivity contribution in [3.05, 3.63) is 23.9 Å². The van der Waals surface area contributed by atoms with Crippen LogP contribution in [0.4, 0.5) is 5.82 Å². The lowest BCUT2D eigenvalue weighted by molar-refractivity contribution is -0.117. The largest absolute Gasteiger partial charge is 0.293 e. The summed E-state index contributed by atoms with van der Waals surface area (Å²) in [6.45, 7) is 2.12. The molecule has 0 aromatic carbocycles. The highest BCUT2D eigenvalue weighted by Crippen LogP contribution is 2.40. The molecule has 2 unspecified atom stereocenters. The first-order chi connectivity index (χ1) is 8.29. The Hall–Kier alpha value is -1.38. The smallest absolute Gasteiger partial charge is 0.228 e. The number of nitrogens with zero attached hydrogens (tertiary/aromatic N) is 2. The van der Waals surface area contributed by atoms with Crippen molar-refractivity contribution in [3.63, 3.8) is 0 Å². The van der Waals surface area contributed by atoms with Crippen LogP contribution in [-0.4, -0.2) is 16.9 Å². The van der Waals surface area contributed by atoms with Crippen molar-refractivity contribution in [1.29, 1.82) is 0 Å². The van der Waals surface area contributed by atoms with Gasteiger partial charge in [-0.15, -0.1) is 0 Å². The van der Waals surface area contributed by atoms with E-state index in [-0.39, 0.29) is 5.91 Å². The maximum absolute atomic E-state index is 12.0. The Morgan fingerprint density at radius 3 is 3.00 bits per heavy atom. The first kappa shape index (κ1) is 10.8. The number of hydrogen-bond donors (Lipinski definition) is 0. The van der Waals surface area contributed by atoms with E-state index in [1.165, 1.54) is 18.4 Å². The number of fused-ring (bicyclic) bond motifs is 1. The second kappa shape index (κ2) is 4.13. The molecule has 1 saturated heterocycles. The molecule has 2 fully saturated rings. The monoisotopic (exact) mass is 230 g/mol. The maximum Gasteiger partial charge on any atom is 0.228 e. The van der Waals surface area contributed by atoms with Gasteiger partial charge < -0.3 is 0 Å². The van der Waals surface area contributed by atoms with Crippen molar-refractivity contribution in [1.82, 2.24) is 4.98 Å². The zero-order valence-electron chi connectivity index (χ0n) is 10.2. The lowest BCUT2D eigenvalue weighted by Crippen LogP contribution is -2.33. The van der Waals surface area contributed by atoms with Crippen molar-refractivity contribution in [2.24, 2.45) is 5.92 Å². The minimum absolute atomic E-state index is 0.261. The van der Waals surface area contributed by atoms with Crippen LogP contribution in [0.15, 0.2) is 18.3 Å². The molecule has 2 atom stereocenters. The van der Waals surface area contributed by atoms with Gasteiger partial charge in [0.15, 0.2) is 0 Å². The fourth-order valence-corrected chi connectivity index (χ4v) is 3.17. The molecule has 0 bridgehead atoms. The Labute approximate surface area is 102 Å². The van der Waals surface area contributed by atoms with Gasteiger partial charge in [0, 0.05) is 18.7 Å². The van der Waals surface area contributed by atoms with Crippen LogP contribution >= 0.6 is 0 Å². The normalized spacial score (nSPS) is 27.6. The van der Waals surface area contributed by atoms with Gasteiger partial charge in [-0.25, -0.2) is 4.98 Å². The third-order valence-electron chi connectivity index (χ3n) is 4.12. The number of aryl methyl sites for hydroxylation is 1. The third kappa shape index (κ3) is 1.74. The van der Waals surface area contributed by atoms with E-state index in [1.807, 2.05) is 17.2 Å². The van der Waals surface area contributed by atoms with Crippen LogP contribution in [0.2, 0.25) is 0 Å². The second-order valence-corrected chi connectivity index (χ2v) is 5.10. The summed E-state index contributed by atoms with van der Waals surface area (Å²) in [7, 11) is 0. The fraction of sp³-hybridized carbons (Fsp3) is 0.571. The summed E-state index contributed by atoms with van der Waals surface area (Å²) in [6, 6.07) is 4.50. The van der Waals surface area contributed by atoms with E-state index in [0.29, 0.717) is 12.0 Å². The molecule has 1 aliphatic carbocycles. The molecule has 1 amide bonds. The summed E-state index contributed by atoms with van der Waals surface area (Å²) in [5.41, 5.74) is 1.23. The van der Waals surface area contributed by atoms with Crippen molar-refractivity contribution < 1.29 is 4.79 Å². The van der Waals surface area contributed by atoms with Crippen LogP contribution in [-0.2, 0) is 11.2 Å². The lowest BCUT2D eigenvalue weighted by Gasteiger charge is -2.23. The maximum atomic E-state index is 12.0. The quantitative estimate of drug-likeness (QED) is 0.782. The molecule has 1 aromatic heterocycles. The molecule has 1 saturated carbocycles. The number of aromatic nitrogens is 1. The summed E-state index contributed by atoms with van der Waals surface area (Å²) in [5, 5.41) is 0. The summed E-state index contributed by atoms with van der Waals surface area (Å²) in [4.78, 5) is 18.4. The van der Waals surface area contributed by atoms with E-state index in [1.54, 1.807) is 0 Å². The number of amides is 1. The van der Waals surface area contributed by atoms with Crippen molar-refractivity contribution >= 4 is 11.7 Å². The molecule has 3 rings (SSSR count). The number of carbonyl (C=O) groups excluding carboxylic acids is 1. The zero-order chi connectivity index (χ0) is 11.8. The Morgan fingerprint density at radius 2 is 2.29 bits per heavy atom. The van der Waals surface area contributed by atoms with E-state index in [4.69, 9.17) is 0 Å². The summed E-state index contributed by atoms with van der Waals surface area (Å²) < 4.78 is 0. The van der Waals surface area contributed by atoms with Gasteiger partial charge in [-0.3, -0.25) is 9.69 Å². The van der Waals surface area contributed by atoms with Gasteiger partial charge in [-0.2, -0.15) is 0 Å². The standard InChI is InChI=1S/C14H18N2O/c1-2-10-6-7-13(15-9-10)16-12-5-3-4-11(12)8-14(16)17/h6-7,9,11-12H,2-5,8H2,1H3. The number of hydrogen-bond acceptors (Lipinski definition) is 2. The zero-order valence-corrected chi connectivity index (χ0v) is 10.2. The van der Waals surface area contributed by atoms with E-state index in [2.05, 4.69) is 18.0 Å². The average Bonchev–Trinajstić information content (AvgIpc) is 2.89. The second-order valence-electron chi connectivity index (χ2n) is 5.10. The van der Waals surface area contributed by atoms with E-state index >= 15 is 0 Å². The van der Waals surface area contributed by atoms with Crippen molar-refractivity contribution in [2.75, 3.05) is 4.90 Å². The van der Waals surface area contributed by atoms with E-state index in [9.17, 15) is 4.79 Å².